The molecule has 1 aliphatic carbocycles. The lowest BCUT2D eigenvalue weighted by atomic mass is 9.85. The molecule has 13 nitrogen and oxygen atoms in total. The summed E-state index contributed by atoms with van der Waals surface area (Å²) in [4.78, 5) is 70.0. The Morgan fingerprint density at radius 3 is 2.30 bits per heavy atom. The third-order valence-electron chi connectivity index (χ3n) is 12.5. The number of carbonyl (C=O) groups excluding carboxylic acids is 4. The minimum absolute atomic E-state index is 0.0439. The zero-order valence-electron chi connectivity index (χ0n) is 33.4. The molecule has 3 aromatic carbocycles. The molecule has 3 aliphatic heterocycles. The molecule has 3 fully saturated rings. The molecule has 8 rings (SSSR count). The van der Waals surface area contributed by atoms with Crippen molar-refractivity contribution in [1.29, 1.82) is 5.26 Å². The summed E-state index contributed by atoms with van der Waals surface area (Å²) in [7, 11) is 0. The minimum Gasteiger partial charge on any atom is -0.490 e. The minimum atomic E-state index is -4.74. The molecule has 4 aliphatic rings. The van der Waals surface area contributed by atoms with Gasteiger partial charge in [-0.1, -0.05) is 12.1 Å². The number of aryl methyl sites for hydroxylation is 1. The van der Waals surface area contributed by atoms with Gasteiger partial charge < -0.3 is 9.64 Å². The first-order chi connectivity index (χ1) is 28.7. The van der Waals surface area contributed by atoms with E-state index in [0.717, 1.165) is 68.9 Å². The van der Waals surface area contributed by atoms with Crippen LogP contribution in [0.4, 0.5) is 13.2 Å². The SMILES string of the molecule is CC(C)N(CC1CCN(CCCn2c(=O)n(-c3ccc(C#N)c(C(F)(F)F)c3)c3ccccc32)CC1)C1CC(Oc2ccc3c(c2)C(=O)N(C2CCC(=O)NC2=O)C3=O)C1. The van der Waals surface area contributed by atoms with Crippen LogP contribution in [0.25, 0.3) is 16.7 Å². The van der Waals surface area contributed by atoms with Gasteiger partial charge in [0.05, 0.1) is 45.0 Å². The van der Waals surface area contributed by atoms with E-state index in [1.54, 1.807) is 53.1 Å². The van der Waals surface area contributed by atoms with Crippen molar-refractivity contribution < 1.29 is 37.1 Å². The largest absolute Gasteiger partial charge is 0.490 e. The van der Waals surface area contributed by atoms with Gasteiger partial charge in [-0.2, -0.15) is 18.4 Å². The standard InChI is InChI=1S/C44H46F3N7O6/c1-26(2)52(30-20-32(21-30)60-31-10-11-33-34(23-31)42(58)54(41(33)57)38-12-13-39(55)49-40(38)56)25-27-14-18-50(19-15-27)16-5-17-51-36-6-3-4-7-37(36)53(43(51)59)29-9-8-28(24-48)35(22-29)44(45,46)47/h3-4,6-11,22-23,26-27,30,32,38H,5,12-21,25H2,1-2H3,(H,49,55,56). The fourth-order valence-electron chi connectivity index (χ4n) is 9.22. The molecule has 1 saturated carbocycles. The van der Waals surface area contributed by atoms with Crippen LogP contribution in [0.1, 0.15) is 90.6 Å². The predicted octanol–water partition coefficient (Wildman–Crippen LogP) is 5.51. The molecule has 314 valence electrons. The molecule has 4 heterocycles. The summed E-state index contributed by atoms with van der Waals surface area (Å²) in [5, 5.41) is 11.5. The average Bonchev–Trinajstić information content (AvgIpc) is 3.62. The Morgan fingerprint density at radius 2 is 1.62 bits per heavy atom. The highest BCUT2D eigenvalue weighted by Gasteiger charge is 2.45. The van der Waals surface area contributed by atoms with Crippen LogP contribution in [0.3, 0.4) is 0 Å². The van der Waals surface area contributed by atoms with Gasteiger partial charge in [-0.25, -0.2) is 4.79 Å². The number of carbonyl (C=O) groups is 4. The Labute approximate surface area is 344 Å². The molecule has 16 heteroatoms. The van der Waals surface area contributed by atoms with Crippen LogP contribution >= 0.6 is 0 Å². The van der Waals surface area contributed by atoms with E-state index in [1.807, 2.05) is 0 Å². The highest BCUT2D eigenvalue weighted by Crippen LogP contribution is 2.36. The summed E-state index contributed by atoms with van der Waals surface area (Å²) in [5.74, 6) is -1.17. The van der Waals surface area contributed by atoms with Crippen molar-refractivity contribution in [3.05, 3.63) is 93.4 Å². The van der Waals surface area contributed by atoms with E-state index in [-0.39, 0.29) is 35.8 Å². The number of nitrogens with zero attached hydrogens (tertiary/aromatic N) is 6. The lowest BCUT2D eigenvalue weighted by molar-refractivity contribution is -0.138. The maximum atomic E-state index is 13.8. The highest BCUT2D eigenvalue weighted by molar-refractivity contribution is 6.23. The summed E-state index contributed by atoms with van der Waals surface area (Å²) in [6.45, 7) is 8.41. The van der Waals surface area contributed by atoms with E-state index in [1.165, 1.54) is 10.6 Å². The molecular formula is C44H46F3N7O6. The van der Waals surface area contributed by atoms with E-state index >= 15 is 0 Å². The lowest BCUT2D eigenvalue weighted by Gasteiger charge is -2.46. The van der Waals surface area contributed by atoms with Crippen LogP contribution < -0.4 is 15.7 Å². The zero-order chi connectivity index (χ0) is 42.5. The van der Waals surface area contributed by atoms with Crippen molar-refractivity contribution in [1.82, 2.24) is 29.2 Å². The molecule has 0 bridgehead atoms. The zero-order valence-corrected chi connectivity index (χ0v) is 33.4. The number of para-hydroxylation sites is 2. The number of ether oxygens (including phenoxy) is 1. The number of amides is 4. The summed E-state index contributed by atoms with van der Waals surface area (Å²) >= 11 is 0. The Bertz CT molecular complexity index is 2460. The molecule has 4 amide bonds. The Hall–Kier alpha value is -5.79. The van der Waals surface area contributed by atoms with Gasteiger partial charge in [0.15, 0.2) is 0 Å². The molecule has 60 heavy (non-hydrogen) atoms. The van der Waals surface area contributed by atoms with Crippen molar-refractivity contribution in [3.8, 4) is 17.5 Å². The van der Waals surface area contributed by atoms with Gasteiger partial charge in [0, 0.05) is 44.4 Å². The van der Waals surface area contributed by atoms with Crippen LogP contribution in [0.5, 0.6) is 5.75 Å². The summed E-state index contributed by atoms with van der Waals surface area (Å²) < 4.78 is 50.5. The number of imidazole rings is 1. The van der Waals surface area contributed by atoms with Crippen molar-refractivity contribution >= 4 is 34.7 Å². The molecule has 1 unspecified atom stereocenters. The lowest BCUT2D eigenvalue weighted by Crippen LogP contribution is -2.54. The van der Waals surface area contributed by atoms with Crippen LogP contribution in [-0.4, -0.2) is 97.9 Å². The van der Waals surface area contributed by atoms with Crippen molar-refractivity contribution in [2.24, 2.45) is 5.92 Å². The monoisotopic (exact) mass is 825 g/mol. The molecule has 1 N–H and O–H groups in total. The second-order valence-corrected chi connectivity index (χ2v) is 16.5. The molecule has 2 saturated heterocycles. The number of nitriles is 1. The van der Waals surface area contributed by atoms with Crippen LogP contribution in [0.2, 0.25) is 0 Å². The van der Waals surface area contributed by atoms with E-state index in [0.29, 0.717) is 47.8 Å². The average molecular weight is 826 g/mol. The number of hydrogen-bond acceptors (Lipinski definition) is 9. The number of nitrogens with one attached hydrogen (secondary N) is 1. The van der Waals surface area contributed by atoms with E-state index in [2.05, 4.69) is 29.0 Å². The number of piperidine rings is 2. The number of aromatic nitrogens is 2. The van der Waals surface area contributed by atoms with Gasteiger partial charge in [-0.05, 0) is 114 Å². The predicted molar refractivity (Wildman–Crippen MR) is 213 cm³/mol. The van der Waals surface area contributed by atoms with Crippen LogP contribution in [-0.2, 0) is 22.3 Å². The third-order valence-corrected chi connectivity index (χ3v) is 12.5. The highest BCUT2D eigenvalue weighted by atomic mass is 19.4. The number of imide groups is 2. The second kappa shape index (κ2) is 16.3. The van der Waals surface area contributed by atoms with Crippen molar-refractivity contribution in [3.63, 3.8) is 0 Å². The molecule has 0 spiro atoms. The van der Waals surface area contributed by atoms with Gasteiger partial charge in [0.25, 0.3) is 11.8 Å². The topological polar surface area (TPSA) is 150 Å². The second-order valence-electron chi connectivity index (χ2n) is 16.5. The number of likely N-dealkylation sites (tertiary alicyclic amines) is 1. The first kappa shape index (κ1) is 41.0. The first-order valence-electron chi connectivity index (χ1n) is 20.5. The summed E-state index contributed by atoms with van der Waals surface area (Å²) in [5.41, 5.74) is -0.404. The summed E-state index contributed by atoms with van der Waals surface area (Å²) in [6, 6.07) is 16.5. The Kier molecular flexibility index (Phi) is 11.2. The van der Waals surface area contributed by atoms with Crippen molar-refractivity contribution in [2.75, 3.05) is 26.2 Å². The molecule has 0 radical (unpaired) electrons. The fourth-order valence-corrected chi connectivity index (χ4v) is 9.22. The number of hydrogen-bond donors (Lipinski definition) is 1. The van der Waals surface area contributed by atoms with Crippen LogP contribution in [0.15, 0.2) is 65.5 Å². The fraction of sp³-hybridized carbons (Fsp3) is 0.455. The first-order valence-corrected chi connectivity index (χ1v) is 20.5. The Morgan fingerprint density at radius 1 is 0.900 bits per heavy atom. The summed E-state index contributed by atoms with van der Waals surface area (Å²) in [6.07, 6.45) is -0.221. The molecule has 1 aromatic heterocycles. The van der Waals surface area contributed by atoms with Gasteiger partial charge in [-0.15, -0.1) is 0 Å². The molecular weight excluding hydrogens is 780 g/mol. The number of alkyl halides is 3. The number of halogens is 3. The van der Waals surface area contributed by atoms with Gasteiger partial charge in [0.2, 0.25) is 11.8 Å². The molecule has 1 atom stereocenters. The smallest absolute Gasteiger partial charge is 0.417 e. The maximum absolute atomic E-state index is 13.8. The van der Waals surface area contributed by atoms with E-state index in [4.69, 9.17) is 4.74 Å². The quantitative estimate of drug-likeness (QED) is 0.183. The third kappa shape index (κ3) is 7.83. The van der Waals surface area contributed by atoms with E-state index < -0.39 is 52.7 Å². The normalized spacial score (nSPS) is 21.4. The number of fused-ring (bicyclic) bond motifs is 2. The number of rotatable bonds is 12. The van der Waals surface area contributed by atoms with Crippen molar-refractivity contribution in [2.45, 2.75) is 95.7 Å². The maximum Gasteiger partial charge on any atom is 0.417 e. The molecule has 4 aromatic rings. The Balaban J connectivity index is 0.823. The van der Waals surface area contributed by atoms with Gasteiger partial charge in [0.1, 0.15) is 17.9 Å². The van der Waals surface area contributed by atoms with Crippen LogP contribution in [0, 0.1) is 17.2 Å². The van der Waals surface area contributed by atoms with E-state index in [9.17, 15) is 42.4 Å². The number of benzene rings is 3. The van der Waals surface area contributed by atoms with Gasteiger partial charge >= 0.3 is 11.9 Å². The van der Waals surface area contributed by atoms with Gasteiger partial charge in [-0.3, -0.25) is 43.4 Å².